The van der Waals surface area contributed by atoms with Gasteiger partial charge in [0.05, 0.1) is 12.6 Å². The topological polar surface area (TPSA) is 60.0 Å². The Hall–Kier alpha value is -2.12. The van der Waals surface area contributed by atoms with Gasteiger partial charge in [0.1, 0.15) is 5.71 Å². The van der Waals surface area contributed by atoms with Crippen molar-refractivity contribution in [2.24, 2.45) is 21.9 Å². The second-order valence-electron chi connectivity index (χ2n) is 6.83. The molecule has 0 aromatic heterocycles. The van der Waals surface area contributed by atoms with Crippen molar-refractivity contribution in [2.45, 2.75) is 51.0 Å². The van der Waals surface area contributed by atoms with Crippen LogP contribution in [0.5, 0.6) is 0 Å². The second kappa shape index (κ2) is 9.39. The zero-order valence-corrected chi connectivity index (χ0v) is 14.8. The number of rotatable bonds is 4. The summed E-state index contributed by atoms with van der Waals surface area (Å²) in [5.74, 6) is 12.8. The average molecular weight is 337 g/mol. The van der Waals surface area contributed by atoms with E-state index in [1.54, 1.807) is 6.21 Å². The number of hydrazone groups is 1. The van der Waals surface area contributed by atoms with Crippen LogP contribution in [0.25, 0.3) is 0 Å². The molecule has 3 rings (SSSR count). The van der Waals surface area contributed by atoms with E-state index in [0.29, 0.717) is 18.2 Å². The minimum atomic E-state index is 0.234. The van der Waals surface area contributed by atoms with Gasteiger partial charge in [-0.2, -0.15) is 5.10 Å². The van der Waals surface area contributed by atoms with Crippen molar-refractivity contribution >= 4 is 11.9 Å². The van der Waals surface area contributed by atoms with Gasteiger partial charge in [0.15, 0.2) is 0 Å². The van der Waals surface area contributed by atoms with Crippen LogP contribution in [0.2, 0.25) is 0 Å². The van der Waals surface area contributed by atoms with Crippen molar-refractivity contribution in [3.05, 3.63) is 35.4 Å². The molecule has 0 bridgehead atoms. The molecule has 0 amide bonds. The molecule has 0 spiro atoms. The summed E-state index contributed by atoms with van der Waals surface area (Å²) in [6.07, 6.45) is 10.6. The lowest BCUT2D eigenvalue weighted by Gasteiger charge is -2.20. The first kappa shape index (κ1) is 17.7. The van der Waals surface area contributed by atoms with Crippen molar-refractivity contribution in [1.82, 2.24) is 0 Å². The molecule has 1 saturated heterocycles. The van der Waals surface area contributed by atoms with Crippen LogP contribution in [0.15, 0.2) is 34.4 Å². The van der Waals surface area contributed by atoms with Gasteiger partial charge in [0, 0.05) is 29.9 Å². The van der Waals surface area contributed by atoms with Crippen LogP contribution in [0, 0.1) is 17.8 Å². The van der Waals surface area contributed by atoms with Gasteiger partial charge in [0.2, 0.25) is 0 Å². The highest BCUT2D eigenvalue weighted by molar-refractivity contribution is 6.38. The summed E-state index contributed by atoms with van der Waals surface area (Å²) in [6, 6.07) is 8.07. The molecule has 2 N–H and O–H groups in total. The molecule has 0 radical (unpaired) electrons. The predicted octanol–water partition coefficient (Wildman–Crippen LogP) is 3.53. The predicted molar refractivity (Wildman–Crippen MR) is 103 cm³/mol. The van der Waals surface area contributed by atoms with E-state index in [4.69, 9.17) is 10.6 Å². The van der Waals surface area contributed by atoms with E-state index >= 15 is 0 Å². The molecule has 1 aliphatic heterocycles. The van der Waals surface area contributed by atoms with Crippen LogP contribution in [0.4, 0.5) is 0 Å². The molecule has 1 atom stereocenters. The van der Waals surface area contributed by atoms with Crippen molar-refractivity contribution in [3.8, 4) is 11.8 Å². The van der Waals surface area contributed by atoms with Gasteiger partial charge >= 0.3 is 0 Å². The van der Waals surface area contributed by atoms with Gasteiger partial charge in [-0.15, -0.1) is 0 Å². The quantitative estimate of drug-likeness (QED) is 0.395. The second-order valence-corrected chi connectivity index (χ2v) is 6.83. The van der Waals surface area contributed by atoms with Gasteiger partial charge in [-0.3, -0.25) is 4.99 Å². The molecular formula is C21H27N3O. The van der Waals surface area contributed by atoms with E-state index in [0.717, 1.165) is 30.6 Å². The maximum atomic E-state index is 5.68. The lowest BCUT2D eigenvalue weighted by molar-refractivity contribution is 0.0226. The lowest BCUT2D eigenvalue weighted by atomic mass is 10.1. The van der Waals surface area contributed by atoms with Gasteiger partial charge in [0.25, 0.3) is 0 Å². The minimum absolute atomic E-state index is 0.234. The summed E-state index contributed by atoms with van der Waals surface area (Å²) in [5.41, 5.74) is 2.69. The number of nitrogens with two attached hydrogens (primary N) is 1. The fourth-order valence-electron chi connectivity index (χ4n) is 3.37. The molecule has 1 saturated carbocycles. The summed E-state index contributed by atoms with van der Waals surface area (Å²) >= 11 is 0. The fourth-order valence-corrected chi connectivity index (χ4v) is 3.37. The van der Waals surface area contributed by atoms with E-state index in [1.807, 2.05) is 24.3 Å². The van der Waals surface area contributed by atoms with Crippen LogP contribution in [0.3, 0.4) is 0 Å². The Morgan fingerprint density at radius 3 is 2.56 bits per heavy atom. The molecule has 1 aromatic rings. The highest BCUT2D eigenvalue weighted by Gasteiger charge is 2.13. The maximum absolute atomic E-state index is 5.68. The largest absolute Gasteiger partial charge is 0.376 e. The van der Waals surface area contributed by atoms with Crippen LogP contribution in [-0.2, 0) is 4.74 Å². The van der Waals surface area contributed by atoms with E-state index in [9.17, 15) is 0 Å². The van der Waals surface area contributed by atoms with Crippen molar-refractivity contribution in [3.63, 3.8) is 0 Å². The first-order valence-electron chi connectivity index (χ1n) is 9.36. The Morgan fingerprint density at radius 1 is 1.12 bits per heavy atom. The van der Waals surface area contributed by atoms with E-state index < -0.39 is 0 Å². The normalized spacial score (nSPS) is 22.1. The molecule has 4 heteroatoms. The Bertz CT molecular complexity index is 655. The van der Waals surface area contributed by atoms with Crippen LogP contribution >= 0.6 is 0 Å². The highest BCUT2D eigenvalue weighted by atomic mass is 16.5. The smallest absolute Gasteiger partial charge is 0.108 e. The number of hydrogen-bond acceptors (Lipinski definition) is 4. The van der Waals surface area contributed by atoms with Crippen LogP contribution in [0.1, 0.15) is 56.1 Å². The minimum Gasteiger partial charge on any atom is -0.376 e. The zero-order chi connectivity index (χ0) is 17.3. The summed E-state index contributed by atoms with van der Waals surface area (Å²) in [5, 5.41) is 3.87. The van der Waals surface area contributed by atoms with Crippen molar-refractivity contribution in [1.29, 1.82) is 0 Å². The van der Waals surface area contributed by atoms with E-state index in [1.165, 1.54) is 32.1 Å². The third-order valence-electron chi connectivity index (χ3n) is 4.89. The third-order valence-corrected chi connectivity index (χ3v) is 4.89. The van der Waals surface area contributed by atoms with Gasteiger partial charge in [-0.25, -0.2) is 0 Å². The zero-order valence-electron chi connectivity index (χ0n) is 14.8. The van der Waals surface area contributed by atoms with E-state index in [2.05, 4.69) is 21.9 Å². The van der Waals surface area contributed by atoms with Gasteiger partial charge in [-0.1, -0.05) is 36.8 Å². The molecule has 1 aliphatic carbocycles. The van der Waals surface area contributed by atoms with Crippen LogP contribution in [-0.4, -0.2) is 31.2 Å². The Balaban J connectivity index is 1.57. The Morgan fingerprint density at radius 2 is 1.88 bits per heavy atom. The maximum Gasteiger partial charge on any atom is 0.108 e. The number of benzene rings is 1. The number of hydrogen-bond donors (Lipinski definition) is 1. The van der Waals surface area contributed by atoms with Gasteiger partial charge in [-0.05, 0) is 44.2 Å². The Kier molecular flexibility index (Phi) is 6.64. The summed E-state index contributed by atoms with van der Waals surface area (Å²) in [7, 11) is 0. The van der Waals surface area contributed by atoms with E-state index in [-0.39, 0.29) is 6.10 Å². The van der Waals surface area contributed by atoms with Crippen molar-refractivity contribution < 1.29 is 4.74 Å². The molecule has 25 heavy (non-hydrogen) atoms. The first-order chi connectivity index (χ1) is 12.3. The monoisotopic (exact) mass is 337 g/mol. The van der Waals surface area contributed by atoms with Crippen LogP contribution < -0.4 is 5.84 Å². The molecule has 4 nitrogen and oxygen atoms in total. The molecule has 2 aliphatic rings. The number of aliphatic imine (C=N–C) groups is 1. The third kappa shape index (κ3) is 5.44. The Labute approximate surface area is 150 Å². The molecule has 1 aromatic carbocycles. The average Bonchev–Trinajstić information content (AvgIpc) is 3.19. The molecular weight excluding hydrogens is 310 g/mol. The fraction of sp³-hybridized carbons (Fsp3) is 0.524. The highest BCUT2D eigenvalue weighted by Crippen LogP contribution is 2.23. The number of ether oxygens (including phenoxy) is 1. The summed E-state index contributed by atoms with van der Waals surface area (Å²) < 4.78 is 5.68. The number of nitrogens with zero attached hydrogens (tertiary/aromatic N) is 2. The molecule has 132 valence electrons. The molecule has 1 unspecified atom stereocenters. The molecule has 2 fully saturated rings. The standard InChI is InChI=1S/C21H27N3O/c22-24-21(16-23-15-20-7-3-4-14-25-20)19-12-10-18(11-13-19)9-8-17-5-1-2-6-17/h10-13,16-17,20H,1-7,14-15,22H2/b23-16?,24-21+. The molecule has 1 heterocycles. The first-order valence-corrected chi connectivity index (χ1v) is 9.36. The van der Waals surface area contributed by atoms with Crippen molar-refractivity contribution in [2.75, 3.05) is 13.2 Å². The summed E-state index contributed by atoms with van der Waals surface area (Å²) in [4.78, 5) is 4.46. The van der Waals surface area contributed by atoms with Gasteiger partial charge < -0.3 is 10.6 Å². The SMILES string of the molecule is N/N=C(\C=NCC1CCCCO1)c1ccc(C#CC2CCCC2)cc1. The summed E-state index contributed by atoms with van der Waals surface area (Å²) in [6.45, 7) is 1.52. The lowest BCUT2D eigenvalue weighted by Crippen LogP contribution is -2.22.